The third-order valence-corrected chi connectivity index (χ3v) is 3.67. The van der Waals surface area contributed by atoms with Gasteiger partial charge in [-0.15, -0.1) is 0 Å². The summed E-state index contributed by atoms with van der Waals surface area (Å²) in [6.07, 6.45) is 2.30. The van der Waals surface area contributed by atoms with Gasteiger partial charge < -0.3 is 10.5 Å². The number of nitrogen functional groups attached to an aromatic ring is 1. The van der Waals surface area contributed by atoms with E-state index in [1.807, 2.05) is 31.2 Å². The Morgan fingerprint density at radius 3 is 2.78 bits per heavy atom. The van der Waals surface area contributed by atoms with Crippen LogP contribution in [0.2, 0.25) is 0 Å². The van der Waals surface area contributed by atoms with Crippen LogP contribution in [0.15, 0.2) is 40.5 Å². The molecule has 18 heavy (non-hydrogen) atoms. The number of para-hydroxylation sites is 1. The second-order valence-corrected chi connectivity index (χ2v) is 4.68. The van der Waals surface area contributed by atoms with Gasteiger partial charge in [-0.3, -0.25) is 0 Å². The van der Waals surface area contributed by atoms with E-state index >= 15 is 0 Å². The summed E-state index contributed by atoms with van der Waals surface area (Å²) in [5.41, 5.74) is 6.84. The zero-order valence-corrected chi connectivity index (χ0v) is 11.2. The smallest absolute Gasteiger partial charge is 0.132 e. The Morgan fingerprint density at radius 1 is 1.28 bits per heavy atom. The molecule has 0 saturated heterocycles. The number of hydrogen-bond acceptors (Lipinski definition) is 5. The van der Waals surface area contributed by atoms with Crippen LogP contribution in [0.5, 0.6) is 5.75 Å². The van der Waals surface area contributed by atoms with E-state index in [9.17, 15) is 0 Å². The van der Waals surface area contributed by atoms with Crippen molar-refractivity contribution in [3.63, 3.8) is 0 Å². The molecule has 0 aliphatic heterocycles. The molecule has 0 spiro atoms. The molecule has 0 radical (unpaired) electrons. The summed E-state index contributed by atoms with van der Waals surface area (Å²) in [7, 11) is 1.66. The molecule has 0 bridgehead atoms. The van der Waals surface area contributed by atoms with E-state index in [2.05, 4.69) is 9.97 Å². The fourth-order valence-corrected chi connectivity index (χ4v) is 2.72. The summed E-state index contributed by atoms with van der Waals surface area (Å²) in [4.78, 5) is 9.34. The highest BCUT2D eigenvalue weighted by molar-refractivity contribution is 7.99. The minimum absolute atomic E-state index is 0.546. The highest BCUT2D eigenvalue weighted by atomic mass is 32.2. The van der Waals surface area contributed by atoms with Gasteiger partial charge >= 0.3 is 0 Å². The zero-order valence-electron chi connectivity index (χ0n) is 10.4. The molecule has 94 valence electrons. The highest BCUT2D eigenvalue weighted by Gasteiger charge is 2.11. The van der Waals surface area contributed by atoms with Crippen LogP contribution in [-0.2, 0) is 6.42 Å². The minimum Gasteiger partial charge on any atom is -0.496 e. The number of methoxy groups -OCH3 is 1. The van der Waals surface area contributed by atoms with Crippen molar-refractivity contribution in [1.29, 1.82) is 0 Å². The number of rotatable bonds is 4. The van der Waals surface area contributed by atoms with Crippen molar-refractivity contribution in [1.82, 2.24) is 9.97 Å². The van der Waals surface area contributed by atoms with Crippen molar-refractivity contribution >= 4 is 17.6 Å². The summed E-state index contributed by atoms with van der Waals surface area (Å²) < 4.78 is 5.33. The van der Waals surface area contributed by atoms with Crippen molar-refractivity contribution in [3.05, 3.63) is 36.2 Å². The first-order valence-electron chi connectivity index (χ1n) is 5.66. The van der Waals surface area contributed by atoms with Gasteiger partial charge in [0.2, 0.25) is 0 Å². The quantitative estimate of drug-likeness (QED) is 0.857. The molecule has 0 amide bonds. The van der Waals surface area contributed by atoms with Crippen LogP contribution < -0.4 is 10.5 Å². The summed E-state index contributed by atoms with van der Waals surface area (Å²) in [5.74, 6) is 1.38. The molecule has 1 aromatic carbocycles. The summed E-state index contributed by atoms with van der Waals surface area (Å²) in [6, 6.07) is 7.85. The van der Waals surface area contributed by atoms with Gasteiger partial charge in [-0.05, 0) is 18.6 Å². The monoisotopic (exact) mass is 261 g/mol. The molecule has 0 fully saturated rings. The van der Waals surface area contributed by atoms with Gasteiger partial charge in [0.15, 0.2) is 0 Å². The molecule has 0 aliphatic carbocycles. The first kappa shape index (κ1) is 12.7. The van der Waals surface area contributed by atoms with Gasteiger partial charge in [-0.1, -0.05) is 30.8 Å². The van der Waals surface area contributed by atoms with Crippen molar-refractivity contribution in [3.8, 4) is 5.75 Å². The Hall–Kier alpha value is -1.75. The van der Waals surface area contributed by atoms with E-state index in [0.29, 0.717) is 5.82 Å². The molecule has 1 aromatic heterocycles. The second-order valence-electron chi connectivity index (χ2n) is 3.65. The standard InChI is InChI=1S/C13H15N3OS/c1-3-9-12(14)15-8-16-13(9)18-11-7-5-4-6-10(11)17-2/h4-8H,3H2,1-2H3,(H2,14,15,16). The number of nitrogens with zero attached hydrogens (tertiary/aromatic N) is 2. The molecule has 4 nitrogen and oxygen atoms in total. The van der Waals surface area contributed by atoms with Gasteiger partial charge in [0.05, 0.1) is 12.0 Å². The maximum absolute atomic E-state index is 5.86. The number of anilines is 1. The topological polar surface area (TPSA) is 61.0 Å². The average molecular weight is 261 g/mol. The van der Waals surface area contributed by atoms with Gasteiger partial charge in [0, 0.05) is 5.56 Å². The lowest BCUT2D eigenvalue weighted by Gasteiger charge is -2.10. The predicted octanol–water partition coefficient (Wildman–Crippen LogP) is 2.78. The number of nitrogens with two attached hydrogens (primary N) is 1. The Labute approximate surface area is 111 Å². The Kier molecular flexibility index (Phi) is 4.04. The maximum atomic E-state index is 5.86. The molecule has 0 saturated carbocycles. The van der Waals surface area contributed by atoms with E-state index in [1.165, 1.54) is 6.33 Å². The van der Waals surface area contributed by atoms with Gasteiger partial charge in [-0.25, -0.2) is 9.97 Å². The number of benzene rings is 1. The highest BCUT2D eigenvalue weighted by Crippen LogP contribution is 2.36. The van der Waals surface area contributed by atoms with Crippen LogP contribution in [0.3, 0.4) is 0 Å². The van der Waals surface area contributed by atoms with Crippen molar-refractivity contribution in [2.24, 2.45) is 0 Å². The van der Waals surface area contributed by atoms with Crippen LogP contribution in [0.4, 0.5) is 5.82 Å². The van der Waals surface area contributed by atoms with Crippen LogP contribution in [-0.4, -0.2) is 17.1 Å². The second kappa shape index (κ2) is 5.73. The Balaban J connectivity index is 2.37. The first-order chi connectivity index (χ1) is 8.76. The number of aromatic nitrogens is 2. The van der Waals surface area contributed by atoms with Crippen molar-refractivity contribution in [2.75, 3.05) is 12.8 Å². The Morgan fingerprint density at radius 2 is 2.06 bits per heavy atom. The third kappa shape index (κ3) is 2.56. The number of hydrogen-bond donors (Lipinski definition) is 1. The number of ether oxygens (including phenoxy) is 1. The zero-order chi connectivity index (χ0) is 13.0. The normalized spacial score (nSPS) is 10.3. The molecule has 0 atom stereocenters. The predicted molar refractivity (Wildman–Crippen MR) is 72.9 cm³/mol. The molecule has 2 N–H and O–H groups in total. The summed E-state index contributed by atoms with van der Waals surface area (Å²) in [5, 5.41) is 0.884. The Bertz CT molecular complexity index is 546. The van der Waals surface area contributed by atoms with Crippen LogP contribution in [0.25, 0.3) is 0 Å². The van der Waals surface area contributed by atoms with Gasteiger partial charge in [-0.2, -0.15) is 0 Å². The molecule has 5 heteroatoms. The van der Waals surface area contributed by atoms with Crippen LogP contribution >= 0.6 is 11.8 Å². The average Bonchev–Trinajstić information content (AvgIpc) is 2.40. The lowest BCUT2D eigenvalue weighted by Crippen LogP contribution is -2.00. The maximum Gasteiger partial charge on any atom is 0.132 e. The van der Waals surface area contributed by atoms with Gasteiger partial charge in [0.25, 0.3) is 0 Å². The van der Waals surface area contributed by atoms with Gasteiger partial charge in [0.1, 0.15) is 22.9 Å². The largest absolute Gasteiger partial charge is 0.496 e. The molecule has 0 unspecified atom stereocenters. The molecule has 0 aliphatic rings. The van der Waals surface area contributed by atoms with E-state index < -0.39 is 0 Å². The van der Waals surface area contributed by atoms with Crippen molar-refractivity contribution in [2.45, 2.75) is 23.3 Å². The lowest BCUT2D eigenvalue weighted by molar-refractivity contribution is 0.405. The lowest BCUT2D eigenvalue weighted by atomic mass is 10.2. The summed E-state index contributed by atoms with van der Waals surface area (Å²) in [6.45, 7) is 2.04. The first-order valence-corrected chi connectivity index (χ1v) is 6.48. The fraction of sp³-hybridized carbons (Fsp3) is 0.231. The van der Waals surface area contributed by atoms with Crippen LogP contribution in [0, 0.1) is 0 Å². The van der Waals surface area contributed by atoms with E-state index in [-0.39, 0.29) is 0 Å². The molecule has 2 aromatic rings. The molecular weight excluding hydrogens is 246 g/mol. The minimum atomic E-state index is 0.546. The van der Waals surface area contributed by atoms with E-state index in [1.54, 1.807) is 18.9 Å². The van der Waals surface area contributed by atoms with Crippen molar-refractivity contribution < 1.29 is 4.74 Å². The third-order valence-electron chi connectivity index (χ3n) is 2.57. The molecule has 2 rings (SSSR count). The van der Waals surface area contributed by atoms with Crippen LogP contribution in [0.1, 0.15) is 12.5 Å². The summed E-state index contributed by atoms with van der Waals surface area (Å²) >= 11 is 1.55. The van der Waals surface area contributed by atoms with E-state index in [4.69, 9.17) is 10.5 Å². The van der Waals surface area contributed by atoms with E-state index in [0.717, 1.165) is 27.7 Å². The SMILES string of the molecule is CCc1c(N)ncnc1Sc1ccccc1OC. The molecular formula is C13H15N3OS. The fourth-order valence-electron chi connectivity index (χ4n) is 1.64. The molecule has 1 heterocycles.